The second kappa shape index (κ2) is 6.58. The molecule has 5 nitrogen and oxygen atoms in total. The number of rotatable bonds is 4. The van der Waals surface area contributed by atoms with Gasteiger partial charge >= 0.3 is 0 Å². The molecule has 112 valence electrons. The molecule has 0 amide bonds. The zero-order chi connectivity index (χ0) is 14.8. The first kappa shape index (κ1) is 16.0. The van der Waals surface area contributed by atoms with Crippen LogP contribution in [0.2, 0.25) is 10.0 Å². The molecule has 0 unspecified atom stereocenters. The number of nitrogens with zero attached hydrogens (tertiary/aromatic N) is 2. The van der Waals surface area contributed by atoms with E-state index in [9.17, 15) is 8.42 Å². The van der Waals surface area contributed by atoms with Crippen LogP contribution in [0.25, 0.3) is 0 Å². The average molecular weight is 338 g/mol. The monoisotopic (exact) mass is 337 g/mol. The third-order valence-electron chi connectivity index (χ3n) is 3.43. The van der Waals surface area contributed by atoms with E-state index in [4.69, 9.17) is 28.3 Å². The Bertz CT molecular complexity index is 572. The van der Waals surface area contributed by atoms with Crippen LogP contribution in [0.15, 0.2) is 12.3 Å². The topological polar surface area (TPSA) is 76.3 Å². The summed E-state index contributed by atoms with van der Waals surface area (Å²) in [5.74, 6) is 0.218. The van der Waals surface area contributed by atoms with Gasteiger partial charge < -0.3 is 0 Å². The van der Waals surface area contributed by atoms with Gasteiger partial charge in [0.25, 0.3) is 0 Å². The van der Waals surface area contributed by atoms with Gasteiger partial charge in [-0.1, -0.05) is 23.2 Å². The molecule has 1 saturated heterocycles. The molecule has 0 aromatic carbocycles. The highest BCUT2D eigenvalue weighted by Crippen LogP contribution is 2.23. The fourth-order valence-corrected chi connectivity index (χ4v) is 3.84. The van der Waals surface area contributed by atoms with E-state index in [1.165, 1.54) is 0 Å². The lowest BCUT2D eigenvalue weighted by molar-refractivity contribution is 0.184. The number of aromatic nitrogens is 1. The van der Waals surface area contributed by atoms with Crippen LogP contribution in [0.1, 0.15) is 18.5 Å². The summed E-state index contributed by atoms with van der Waals surface area (Å²) >= 11 is 11.9. The highest BCUT2D eigenvalue weighted by molar-refractivity contribution is 7.89. The van der Waals surface area contributed by atoms with Crippen LogP contribution in [-0.2, 0) is 16.6 Å². The summed E-state index contributed by atoms with van der Waals surface area (Å²) in [5.41, 5.74) is 0.793. The maximum Gasteiger partial charge on any atom is 0.209 e. The Morgan fingerprint density at radius 2 is 2.00 bits per heavy atom. The van der Waals surface area contributed by atoms with Crippen LogP contribution >= 0.6 is 23.2 Å². The number of hydrogen-bond donors (Lipinski definition) is 1. The third kappa shape index (κ3) is 4.86. The first-order valence-corrected chi connectivity index (χ1v) is 8.83. The lowest BCUT2D eigenvalue weighted by Crippen LogP contribution is -2.36. The molecule has 0 atom stereocenters. The standard InChI is InChI=1S/C12H17Cl2N3O2S/c13-10-5-11(14)12(16-6-10)7-17-3-1-9(2-4-17)8-20(15,18)19/h5-6,9H,1-4,7-8H2,(H2,15,18,19). The van der Waals surface area contributed by atoms with Crippen molar-refractivity contribution in [2.24, 2.45) is 11.1 Å². The van der Waals surface area contributed by atoms with Crippen molar-refractivity contribution in [1.82, 2.24) is 9.88 Å². The summed E-state index contributed by atoms with van der Waals surface area (Å²) in [4.78, 5) is 6.44. The quantitative estimate of drug-likeness (QED) is 0.910. The average Bonchev–Trinajstić information content (AvgIpc) is 2.33. The van der Waals surface area contributed by atoms with E-state index in [1.807, 2.05) is 0 Å². The number of nitrogens with two attached hydrogens (primary N) is 1. The Hall–Kier alpha value is -0.400. The normalized spacial score (nSPS) is 18.4. The SMILES string of the molecule is NS(=O)(=O)CC1CCN(Cc2ncc(Cl)cc2Cl)CC1. The van der Waals surface area contributed by atoms with Gasteiger partial charge in [0.1, 0.15) is 0 Å². The van der Waals surface area contributed by atoms with Crippen LogP contribution < -0.4 is 5.14 Å². The summed E-state index contributed by atoms with van der Waals surface area (Å²) in [6.07, 6.45) is 3.22. The van der Waals surface area contributed by atoms with E-state index >= 15 is 0 Å². The third-order valence-corrected chi connectivity index (χ3v) is 4.90. The molecule has 8 heteroatoms. The van der Waals surface area contributed by atoms with Crippen molar-refractivity contribution in [3.63, 3.8) is 0 Å². The van der Waals surface area contributed by atoms with Gasteiger partial charge in [-0.25, -0.2) is 13.6 Å². The van der Waals surface area contributed by atoms with Crippen molar-refractivity contribution in [2.45, 2.75) is 19.4 Å². The van der Waals surface area contributed by atoms with Gasteiger partial charge in [0.05, 0.1) is 21.5 Å². The van der Waals surface area contributed by atoms with Gasteiger partial charge in [0.2, 0.25) is 10.0 Å². The second-order valence-electron chi connectivity index (χ2n) is 5.13. The van der Waals surface area contributed by atoms with E-state index in [-0.39, 0.29) is 11.7 Å². The van der Waals surface area contributed by atoms with Crippen molar-refractivity contribution in [3.05, 3.63) is 28.0 Å². The number of pyridine rings is 1. The Morgan fingerprint density at radius 3 is 2.55 bits per heavy atom. The van der Waals surface area contributed by atoms with E-state index in [1.54, 1.807) is 12.3 Å². The molecule has 1 aromatic heterocycles. The minimum absolute atomic E-state index is 0.0702. The molecule has 0 spiro atoms. The fourth-order valence-electron chi connectivity index (χ4n) is 2.41. The largest absolute Gasteiger partial charge is 0.297 e. The van der Waals surface area contributed by atoms with Crippen LogP contribution in [0.5, 0.6) is 0 Å². The van der Waals surface area contributed by atoms with Crippen LogP contribution in [-0.4, -0.2) is 37.1 Å². The van der Waals surface area contributed by atoms with Crippen LogP contribution in [0, 0.1) is 5.92 Å². The van der Waals surface area contributed by atoms with Gasteiger partial charge in [-0.15, -0.1) is 0 Å². The van der Waals surface area contributed by atoms with Gasteiger partial charge in [-0.05, 0) is 37.9 Å². The fraction of sp³-hybridized carbons (Fsp3) is 0.583. The predicted molar refractivity (Wildman–Crippen MR) is 80.2 cm³/mol. The number of halogens is 2. The molecule has 20 heavy (non-hydrogen) atoms. The predicted octanol–water partition coefficient (Wildman–Crippen LogP) is 1.89. The molecule has 1 aliphatic heterocycles. The maximum atomic E-state index is 11.1. The van der Waals surface area contributed by atoms with Gasteiger partial charge in [-0.2, -0.15) is 0 Å². The van der Waals surface area contributed by atoms with E-state index in [2.05, 4.69) is 9.88 Å². The molecule has 0 radical (unpaired) electrons. The zero-order valence-electron chi connectivity index (χ0n) is 10.9. The first-order chi connectivity index (χ1) is 9.33. The molecule has 0 saturated carbocycles. The van der Waals surface area contributed by atoms with Crippen molar-refractivity contribution in [3.8, 4) is 0 Å². The summed E-state index contributed by atoms with van der Waals surface area (Å²) in [6, 6.07) is 1.68. The minimum Gasteiger partial charge on any atom is -0.297 e. The van der Waals surface area contributed by atoms with Gasteiger partial charge in [-0.3, -0.25) is 9.88 Å². The number of sulfonamides is 1. The van der Waals surface area contributed by atoms with Gasteiger partial charge in [0, 0.05) is 12.7 Å². The summed E-state index contributed by atoms with van der Waals surface area (Å²) in [6.45, 7) is 2.29. The van der Waals surface area contributed by atoms with Crippen molar-refractivity contribution in [2.75, 3.05) is 18.8 Å². The van der Waals surface area contributed by atoms with E-state index in [0.29, 0.717) is 16.6 Å². The molecule has 2 rings (SSSR count). The smallest absolute Gasteiger partial charge is 0.209 e. The van der Waals surface area contributed by atoms with E-state index < -0.39 is 10.0 Å². The lowest BCUT2D eigenvalue weighted by Gasteiger charge is -2.31. The highest BCUT2D eigenvalue weighted by atomic mass is 35.5. The Morgan fingerprint density at radius 1 is 1.35 bits per heavy atom. The molecule has 2 heterocycles. The molecule has 0 aliphatic carbocycles. The lowest BCUT2D eigenvalue weighted by atomic mass is 9.99. The van der Waals surface area contributed by atoms with Crippen LogP contribution in [0.3, 0.4) is 0 Å². The summed E-state index contributed by atoms with van der Waals surface area (Å²) in [5, 5.41) is 6.16. The Kier molecular flexibility index (Phi) is 5.25. The minimum atomic E-state index is -3.38. The number of likely N-dealkylation sites (tertiary alicyclic amines) is 1. The van der Waals surface area contributed by atoms with Crippen molar-refractivity contribution >= 4 is 33.2 Å². The van der Waals surface area contributed by atoms with Gasteiger partial charge in [0.15, 0.2) is 0 Å². The first-order valence-electron chi connectivity index (χ1n) is 6.36. The molecule has 1 aromatic rings. The molecular formula is C12H17Cl2N3O2S. The molecule has 2 N–H and O–H groups in total. The molecule has 0 bridgehead atoms. The maximum absolute atomic E-state index is 11.1. The Labute approximate surface area is 129 Å². The number of hydrogen-bond acceptors (Lipinski definition) is 4. The highest BCUT2D eigenvalue weighted by Gasteiger charge is 2.23. The summed E-state index contributed by atoms with van der Waals surface area (Å²) in [7, 11) is -3.38. The van der Waals surface area contributed by atoms with Crippen molar-refractivity contribution < 1.29 is 8.42 Å². The number of primary sulfonamides is 1. The molecule has 1 aliphatic rings. The van der Waals surface area contributed by atoms with E-state index in [0.717, 1.165) is 31.6 Å². The number of piperidine rings is 1. The zero-order valence-corrected chi connectivity index (χ0v) is 13.3. The summed E-state index contributed by atoms with van der Waals surface area (Å²) < 4.78 is 22.1. The van der Waals surface area contributed by atoms with Crippen LogP contribution in [0.4, 0.5) is 0 Å². The Balaban J connectivity index is 1.88. The second-order valence-corrected chi connectivity index (χ2v) is 7.63. The molecule has 1 fully saturated rings. The van der Waals surface area contributed by atoms with Crippen molar-refractivity contribution in [1.29, 1.82) is 0 Å². The molecular weight excluding hydrogens is 321 g/mol.